The van der Waals surface area contributed by atoms with E-state index >= 15 is 0 Å². The summed E-state index contributed by atoms with van der Waals surface area (Å²) in [5.74, 6) is -0.703. The van der Waals surface area contributed by atoms with Gasteiger partial charge in [-0.3, -0.25) is 24.2 Å². The number of carbonyl (C=O) groups is 3. The molecule has 0 radical (unpaired) electrons. The largest absolute Gasteiger partial charge is 0.383 e. The van der Waals surface area contributed by atoms with Crippen LogP contribution < -0.4 is 0 Å². The van der Waals surface area contributed by atoms with Crippen molar-refractivity contribution in [1.29, 1.82) is 0 Å². The molecular formula is C23H33ClN4O4. The minimum absolute atomic E-state index is 0.0391. The normalized spacial score (nSPS) is 22.3. The molecule has 0 aliphatic carbocycles. The van der Waals surface area contributed by atoms with Crippen LogP contribution >= 0.6 is 11.6 Å². The quantitative estimate of drug-likeness (QED) is 0.509. The van der Waals surface area contributed by atoms with Crippen molar-refractivity contribution in [3.63, 3.8) is 0 Å². The fourth-order valence-electron chi connectivity index (χ4n) is 4.43. The van der Waals surface area contributed by atoms with Crippen molar-refractivity contribution in [2.45, 2.75) is 18.3 Å². The van der Waals surface area contributed by atoms with E-state index < -0.39 is 5.41 Å². The first kappa shape index (κ1) is 24.6. The van der Waals surface area contributed by atoms with Crippen LogP contribution in [0, 0.1) is 0 Å². The van der Waals surface area contributed by atoms with Crippen LogP contribution in [0.3, 0.4) is 0 Å². The monoisotopic (exact) mass is 464 g/mol. The van der Waals surface area contributed by atoms with Gasteiger partial charge in [-0.05, 0) is 25.7 Å². The Morgan fingerprint density at radius 2 is 1.81 bits per heavy atom. The molecule has 8 nitrogen and oxygen atoms in total. The Morgan fingerprint density at radius 1 is 1.12 bits per heavy atom. The molecule has 9 heteroatoms. The summed E-state index contributed by atoms with van der Waals surface area (Å²) in [5.41, 5.74) is -0.703. The van der Waals surface area contributed by atoms with Gasteiger partial charge in [0.1, 0.15) is 0 Å². The van der Waals surface area contributed by atoms with Gasteiger partial charge in [-0.25, -0.2) is 0 Å². The second-order valence-electron chi connectivity index (χ2n) is 8.78. The standard InChI is InChI=1S/C23H33ClN4O4/c1-25(2)8-13-28-21(30)17-23(22(28)31,18-6-4-5-7-19(18)24)16-20(29)27-11-9-26(10-12-27)14-15-32-3/h4-7H,8-17H2,1-3H3. The smallest absolute Gasteiger partial charge is 0.240 e. The first-order valence-electron chi connectivity index (χ1n) is 11.0. The number of halogens is 1. The van der Waals surface area contributed by atoms with E-state index in [2.05, 4.69) is 4.90 Å². The minimum atomic E-state index is -1.26. The van der Waals surface area contributed by atoms with E-state index in [0.717, 1.165) is 19.6 Å². The van der Waals surface area contributed by atoms with E-state index in [-0.39, 0.29) is 30.6 Å². The molecule has 2 fully saturated rings. The average molecular weight is 465 g/mol. The van der Waals surface area contributed by atoms with Gasteiger partial charge in [0.25, 0.3) is 0 Å². The van der Waals surface area contributed by atoms with Crippen LogP contribution in [-0.4, -0.2) is 111 Å². The van der Waals surface area contributed by atoms with Crippen LogP contribution in [0.2, 0.25) is 5.02 Å². The van der Waals surface area contributed by atoms with Crippen LogP contribution in [0.15, 0.2) is 24.3 Å². The van der Waals surface area contributed by atoms with Gasteiger partial charge in [-0.1, -0.05) is 29.8 Å². The SMILES string of the molecule is COCCN1CCN(C(=O)CC2(c3ccccc3Cl)CC(=O)N(CCN(C)C)C2=O)CC1. The summed E-state index contributed by atoms with van der Waals surface area (Å²) in [4.78, 5) is 47.1. The Morgan fingerprint density at radius 3 is 2.44 bits per heavy atom. The van der Waals surface area contributed by atoms with Crippen molar-refractivity contribution < 1.29 is 19.1 Å². The lowest BCUT2D eigenvalue weighted by Crippen LogP contribution is -2.51. The van der Waals surface area contributed by atoms with Crippen molar-refractivity contribution in [2.75, 3.05) is 73.6 Å². The van der Waals surface area contributed by atoms with Crippen LogP contribution in [0.4, 0.5) is 0 Å². The molecule has 1 aromatic rings. The van der Waals surface area contributed by atoms with E-state index in [1.165, 1.54) is 4.90 Å². The molecule has 2 aliphatic rings. The number of carbonyl (C=O) groups excluding carboxylic acids is 3. The lowest BCUT2D eigenvalue weighted by molar-refractivity contribution is -0.143. The molecule has 1 unspecified atom stereocenters. The molecule has 0 saturated carbocycles. The average Bonchev–Trinajstić information content (AvgIpc) is 3.00. The number of likely N-dealkylation sites (tertiary alicyclic amines) is 1. The topological polar surface area (TPSA) is 73.4 Å². The molecule has 32 heavy (non-hydrogen) atoms. The maximum absolute atomic E-state index is 13.6. The Kier molecular flexibility index (Phi) is 8.27. The number of nitrogens with zero attached hydrogens (tertiary/aromatic N) is 4. The lowest BCUT2D eigenvalue weighted by Gasteiger charge is -2.36. The third-order valence-corrected chi connectivity index (χ3v) is 6.69. The number of likely N-dealkylation sites (N-methyl/N-ethyl adjacent to an activating group) is 1. The molecule has 1 atom stereocenters. The second-order valence-corrected chi connectivity index (χ2v) is 9.19. The van der Waals surface area contributed by atoms with Gasteiger partial charge in [0, 0.05) is 70.8 Å². The molecule has 3 amide bonds. The van der Waals surface area contributed by atoms with E-state index in [4.69, 9.17) is 16.3 Å². The number of hydrogen-bond acceptors (Lipinski definition) is 6. The van der Waals surface area contributed by atoms with E-state index in [1.807, 2.05) is 19.0 Å². The summed E-state index contributed by atoms with van der Waals surface area (Å²) in [7, 11) is 5.46. The summed E-state index contributed by atoms with van der Waals surface area (Å²) in [6, 6.07) is 7.05. The highest BCUT2D eigenvalue weighted by Gasteiger charge is 2.54. The molecule has 0 aromatic heterocycles. The van der Waals surface area contributed by atoms with Crippen molar-refractivity contribution in [1.82, 2.24) is 19.6 Å². The van der Waals surface area contributed by atoms with E-state index in [1.54, 1.807) is 36.3 Å². The van der Waals surface area contributed by atoms with Crippen molar-refractivity contribution in [2.24, 2.45) is 0 Å². The van der Waals surface area contributed by atoms with Gasteiger partial charge in [-0.2, -0.15) is 0 Å². The Hall–Kier alpha value is -2.00. The zero-order valence-electron chi connectivity index (χ0n) is 19.2. The first-order valence-corrected chi connectivity index (χ1v) is 11.4. The van der Waals surface area contributed by atoms with Gasteiger partial charge in [-0.15, -0.1) is 0 Å². The number of hydrogen-bond donors (Lipinski definition) is 0. The number of ether oxygens (including phenoxy) is 1. The molecule has 1 aromatic carbocycles. The van der Waals surface area contributed by atoms with E-state index in [0.29, 0.717) is 43.4 Å². The highest BCUT2D eigenvalue weighted by molar-refractivity contribution is 6.32. The van der Waals surface area contributed by atoms with Gasteiger partial charge in [0.15, 0.2) is 0 Å². The van der Waals surface area contributed by atoms with Crippen LogP contribution in [0.1, 0.15) is 18.4 Å². The number of benzene rings is 1. The molecular weight excluding hydrogens is 432 g/mol. The number of amides is 3. The van der Waals surface area contributed by atoms with E-state index in [9.17, 15) is 14.4 Å². The highest BCUT2D eigenvalue weighted by atomic mass is 35.5. The molecule has 2 aliphatic heterocycles. The van der Waals surface area contributed by atoms with Gasteiger partial charge in [0.05, 0.1) is 12.0 Å². The maximum Gasteiger partial charge on any atom is 0.240 e. The number of imide groups is 1. The predicted molar refractivity (Wildman–Crippen MR) is 123 cm³/mol. The van der Waals surface area contributed by atoms with Crippen molar-refractivity contribution in [3.8, 4) is 0 Å². The predicted octanol–water partition coefficient (Wildman–Crippen LogP) is 1.08. The zero-order valence-corrected chi connectivity index (χ0v) is 19.9. The number of rotatable bonds is 9. The summed E-state index contributed by atoms with van der Waals surface area (Å²) in [6.07, 6.45) is -0.0968. The molecule has 0 bridgehead atoms. The fraction of sp³-hybridized carbons (Fsp3) is 0.609. The number of piperazine rings is 1. The lowest BCUT2D eigenvalue weighted by atomic mass is 9.75. The summed E-state index contributed by atoms with van der Waals surface area (Å²) < 4.78 is 5.14. The molecule has 176 valence electrons. The fourth-order valence-corrected chi connectivity index (χ4v) is 4.75. The summed E-state index contributed by atoms with van der Waals surface area (Å²) >= 11 is 6.49. The third-order valence-electron chi connectivity index (χ3n) is 6.36. The molecule has 3 rings (SSSR count). The maximum atomic E-state index is 13.6. The Bertz CT molecular complexity index is 841. The van der Waals surface area contributed by atoms with Gasteiger partial charge < -0.3 is 14.5 Å². The van der Waals surface area contributed by atoms with Crippen LogP contribution in [0.25, 0.3) is 0 Å². The van der Waals surface area contributed by atoms with Crippen LogP contribution in [0.5, 0.6) is 0 Å². The van der Waals surface area contributed by atoms with Gasteiger partial charge in [0.2, 0.25) is 17.7 Å². The van der Waals surface area contributed by atoms with Crippen LogP contribution in [-0.2, 0) is 24.5 Å². The third kappa shape index (κ3) is 5.31. The number of methoxy groups -OCH3 is 1. The zero-order chi connectivity index (χ0) is 23.3. The Labute approximate surface area is 195 Å². The minimum Gasteiger partial charge on any atom is -0.383 e. The summed E-state index contributed by atoms with van der Waals surface area (Å²) in [5, 5.41) is 0.403. The Balaban J connectivity index is 1.81. The highest BCUT2D eigenvalue weighted by Crippen LogP contribution is 2.43. The molecule has 2 saturated heterocycles. The van der Waals surface area contributed by atoms with Crippen molar-refractivity contribution >= 4 is 29.3 Å². The molecule has 0 N–H and O–H groups in total. The summed E-state index contributed by atoms with van der Waals surface area (Å²) in [6.45, 7) is 5.04. The second kappa shape index (κ2) is 10.7. The first-order chi connectivity index (χ1) is 15.3. The molecule has 0 spiro atoms. The van der Waals surface area contributed by atoms with Crippen molar-refractivity contribution in [3.05, 3.63) is 34.9 Å². The molecule has 2 heterocycles. The van der Waals surface area contributed by atoms with Gasteiger partial charge >= 0.3 is 0 Å².